The van der Waals surface area contributed by atoms with E-state index in [-0.39, 0.29) is 17.2 Å². The van der Waals surface area contributed by atoms with Crippen LogP contribution in [0, 0.1) is 11.6 Å². The molecular formula is C16H15F2NO. The minimum absolute atomic E-state index is 0.227. The molecule has 104 valence electrons. The van der Waals surface area contributed by atoms with E-state index in [1.54, 1.807) is 23.1 Å². The summed E-state index contributed by atoms with van der Waals surface area (Å²) < 4.78 is 26.7. The lowest BCUT2D eigenvalue weighted by Crippen LogP contribution is -2.19. The third kappa shape index (κ3) is 2.85. The van der Waals surface area contributed by atoms with E-state index in [2.05, 4.69) is 0 Å². The summed E-state index contributed by atoms with van der Waals surface area (Å²) in [6.45, 7) is 3.81. The van der Waals surface area contributed by atoms with Gasteiger partial charge in [0, 0.05) is 17.8 Å². The third-order valence-electron chi connectivity index (χ3n) is 3.06. The Morgan fingerprint density at radius 3 is 2.40 bits per heavy atom. The Kier molecular flexibility index (Phi) is 4.13. The topological polar surface area (TPSA) is 20.3 Å². The fourth-order valence-corrected chi connectivity index (χ4v) is 2.16. The zero-order chi connectivity index (χ0) is 14.7. The molecule has 0 heterocycles. The van der Waals surface area contributed by atoms with Crippen molar-refractivity contribution in [3.05, 3.63) is 59.7 Å². The summed E-state index contributed by atoms with van der Waals surface area (Å²) in [5.74, 6) is -1.05. The van der Waals surface area contributed by atoms with Crippen molar-refractivity contribution in [1.29, 1.82) is 0 Å². The van der Waals surface area contributed by atoms with Crippen molar-refractivity contribution in [2.45, 2.75) is 13.8 Å². The Morgan fingerprint density at radius 1 is 1.10 bits per heavy atom. The van der Waals surface area contributed by atoms with Gasteiger partial charge >= 0.3 is 0 Å². The smallest absolute Gasteiger partial charge is 0.162 e. The Hall–Kier alpha value is -2.23. The molecule has 2 aromatic rings. The number of nitrogens with zero attached hydrogens (tertiary/aromatic N) is 1. The Morgan fingerprint density at radius 2 is 1.80 bits per heavy atom. The van der Waals surface area contributed by atoms with Gasteiger partial charge < -0.3 is 4.90 Å². The zero-order valence-corrected chi connectivity index (χ0v) is 11.4. The predicted molar refractivity (Wildman–Crippen MR) is 75.5 cm³/mol. The largest absolute Gasteiger partial charge is 0.341 e. The van der Waals surface area contributed by atoms with Gasteiger partial charge in [0.1, 0.15) is 11.6 Å². The second kappa shape index (κ2) is 5.82. The van der Waals surface area contributed by atoms with Crippen LogP contribution in [0.1, 0.15) is 24.2 Å². The van der Waals surface area contributed by atoms with Gasteiger partial charge in [-0.1, -0.05) is 6.07 Å². The maximum atomic E-state index is 13.3. The van der Waals surface area contributed by atoms with Crippen molar-refractivity contribution < 1.29 is 13.6 Å². The lowest BCUT2D eigenvalue weighted by Gasteiger charge is -2.25. The lowest BCUT2D eigenvalue weighted by atomic mass is 10.1. The molecule has 2 nitrogen and oxygen atoms in total. The molecular weight excluding hydrogens is 260 g/mol. The van der Waals surface area contributed by atoms with E-state index >= 15 is 0 Å². The van der Waals surface area contributed by atoms with Crippen LogP contribution in [0.2, 0.25) is 0 Å². The minimum atomic E-state index is -0.464. The molecule has 0 atom stereocenters. The summed E-state index contributed by atoms with van der Waals surface area (Å²) >= 11 is 0. The summed E-state index contributed by atoms with van der Waals surface area (Å²) in [5.41, 5.74) is 1.49. The Labute approximate surface area is 116 Å². The van der Waals surface area contributed by atoms with E-state index in [0.29, 0.717) is 17.9 Å². The zero-order valence-electron chi connectivity index (χ0n) is 11.4. The monoisotopic (exact) mass is 275 g/mol. The van der Waals surface area contributed by atoms with Crippen molar-refractivity contribution in [2.75, 3.05) is 11.4 Å². The van der Waals surface area contributed by atoms with Gasteiger partial charge in [-0.05, 0) is 50.2 Å². The summed E-state index contributed by atoms with van der Waals surface area (Å²) in [6, 6.07) is 10.1. The van der Waals surface area contributed by atoms with Crippen molar-refractivity contribution in [3.8, 4) is 0 Å². The average Bonchev–Trinajstić information content (AvgIpc) is 2.41. The van der Waals surface area contributed by atoms with Crippen LogP contribution in [0.5, 0.6) is 0 Å². The molecule has 0 spiro atoms. The highest BCUT2D eigenvalue weighted by atomic mass is 19.1. The fraction of sp³-hybridized carbons (Fsp3) is 0.188. The molecule has 0 amide bonds. The standard InChI is InChI=1S/C16H15F2NO/c1-3-19(14-6-4-5-12(17)9-14)16-8-7-13(18)10-15(16)11(2)20/h4-10H,3H2,1-2H3. The first kappa shape index (κ1) is 14.2. The molecule has 0 N–H and O–H groups in total. The molecule has 0 fully saturated rings. The van der Waals surface area contributed by atoms with Crippen LogP contribution in [-0.2, 0) is 0 Å². The first-order valence-electron chi connectivity index (χ1n) is 6.36. The maximum Gasteiger partial charge on any atom is 0.162 e. The number of halogens is 2. The number of carbonyl (C=O) groups is 1. The predicted octanol–water partition coefficient (Wildman–Crippen LogP) is 4.33. The summed E-state index contributed by atoms with van der Waals surface area (Å²) in [5, 5.41) is 0. The Balaban J connectivity index is 2.55. The number of ketones is 1. The van der Waals surface area contributed by atoms with Crippen LogP contribution in [0.3, 0.4) is 0 Å². The number of hydrogen-bond donors (Lipinski definition) is 0. The molecule has 2 aromatic carbocycles. The molecule has 0 aromatic heterocycles. The summed E-state index contributed by atoms with van der Waals surface area (Å²) in [4.78, 5) is 13.4. The lowest BCUT2D eigenvalue weighted by molar-refractivity contribution is 0.101. The average molecular weight is 275 g/mol. The SMILES string of the molecule is CCN(c1cccc(F)c1)c1ccc(F)cc1C(C)=O. The van der Waals surface area contributed by atoms with Gasteiger partial charge in [-0.15, -0.1) is 0 Å². The molecule has 0 saturated carbocycles. The number of anilines is 2. The first-order valence-corrected chi connectivity index (χ1v) is 6.36. The quantitative estimate of drug-likeness (QED) is 0.774. The molecule has 0 radical (unpaired) electrons. The van der Waals surface area contributed by atoms with E-state index in [0.717, 1.165) is 0 Å². The second-order valence-corrected chi connectivity index (χ2v) is 4.44. The highest BCUT2D eigenvalue weighted by molar-refractivity contribution is 6.00. The number of benzene rings is 2. The third-order valence-corrected chi connectivity index (χ3v) is 3.06. The van der Waals surface area contributed by atoms with E-state index in [1.807, 2.05) is 6.92 Å². The number of hydrogen-bond acceptors (Lipinski definition) is 2. The van der Waals surface area contributed by atoms with E-state index < -0.39 is 5.82 Å². The van der Waals surface area contributed by atoms with Gasteiger partial charge in [-0.2, -0.15) is 0 Å². The van der Waals surface area contributed by atoms with Crippen molar-refractivity contribution in [3.63, 3.8) is 0 Å². The van der Waals surface area contributed by atoms with E-state index in [9.17, 15) is 13.6 Å². The summed E-state index contributed by atoms with van der Waals surface area (Å²) in [6.07, 6.45) is 0. The van der Waals surface area contributed by atoms with Gasteiger partial charge in [0.2, 0.25) is 0 Å². The van der Waals surface area contributed by atoms with Crippen molar-refractivity contribution in [2.24, 2.45) is 0 Å². The van der Waals surface area contributed by atoms with Crippen molar-refractivity contribution >= 4 is 17.2 Å². The maximum absolute atomic E-state index is 13.3. The molecule has 0 aliphatic heterocycles. The number of carbonyl (C=O) groups excluding carboxylic acids is 1. The molecule has 0 aliphatic carbocycles. The van der Waals surface area contributed by atoms with Crippen LogP contribution in [0.15, 0.2) is 42.5 Å². The van der Waals surface area contributed by atoms with Gasteiger partial charge in [0.25, 0.3) is 0 Å². The van der Waals surface area contributed by atoms with Crippen molar-refractivity contribution in [1.82, 2.24) is 0 Å². The van der Waals surface area contributed by atoms with Gasteiger partial charge in [-0.25, -0.2) is 8.78 Å². The normalized spacial score (nSPS) is 10.4. The van der Waals surface area contributed by atoms with Gasteiger partial charge in [0.05, 0.1) is 5.69 Å². The molecule has 2 rings (SSSR count). The highest BCUT2D eigenvalue weighted by Gasteiger charge is 2.15. The van der Waals surface area contributed by atoms with E-state index in [1.165, 1.54) is 31.2 Å². The molecule has 0 aliphatic rings. The van der Waals surface area contributed by atoms with E-state index in [4.69, 9.17) is 0 Å². The number of Topliss-reactive ketones (excluding diaryl/α,β-unsaturated/α-hetero) is 1. The van der Waals surface area contributed by atoms with Crippen LogP contribution in [0.25, 0.3) is 0 Å². The molecule has 4 heteroatoms. The molecule has 20 heavy (non-hydrogen) atoms. The molecule has 0 bridgehead atoms. The second-order valence-electron chi connectivity index (χ2n) is 4.44. The van der Waals surface area contributed by atoms with Crippen LogP contribution in [0.4, 0.5) is 20.2 Å². The minimum Gasteiger partial charge on any atom is -0.341 e. The van der Waals surface area contributed by atoms with Crippen LogP contribution >= 0.6 is 0 Å². The number of rotatable bonds is 4. The highest BCUT2D eigenvalue weighted by Crippen LogP contribution is 2.29. The van der Waals surface area contributed by atoms with Gasteiger partial charge in [-0.3, -0.25) is 4.79 Å². The molecule has 0 unspecified atom stereocenters. The first-order chi connectivity index (χ1) is 9.52. The summed E-state index contributed by atoms with van der Waals surface area (Å²) in [7, 11) is 0. The molecule has 0 saturated heterocycles. The van der Waals surface area contributed by atoms with Crippen LogP contribution in [-0.4, -0.2) is 12.3 Å². The van der Waals surface area contributed by atoms with Gasteiger partial charge in [0.15, 0.2) is 5.78 Å². The fourth-order valence-electron chi connectivity index (χ4n) is 2.16. The Bertz CT molecular complexity index is 640. The van der Waals surface area contributed by atoms with Crippen LogP contribution < -0.4 is 4.90 Å².